The van der Waals surface area contributed by atoms with Crippen LogP contribution in [0.25, 0.3) is 11.5 Å². The minimum atomic E-state index is -0.327. The summed E-state index contributed by atoms with van der Waals surface area (Å²) in [5.74, 6) is 3.10. The molecule has 0 aliphatic carbocycles. The number of hydrogen-bond donors (Lipinski definition) is 1. The zero-order valence-electron chi connectivity index (χ0n) is 11.3. The minimum Gasteiger partial charge on any atom is -0.376 e. The lowest BCUT2D eigenvalue weighted by molar-refractivity contribution is 0.0138. The number of hydrogen-bond acceptors (Lipinski definition) is 4. The highest BCUT2D eigenvalue weighted by Gasteiger charge is 2.26. The maximum Gasteiger partial charge on any atom is 0.255 e. The van der Waals surface area contributed by atoms with Crippen LogP contribution in [0, 0.1) is 12.3 Å². The second-order valence-electron chi connectivity index (χ2n) is 4.62. The molecule has 1 amide bonds. The summed E-state index contributed by atoms with van der Waals surface area (Å²) in [5.41, 5.74) is 1.16. The average Bonchev–Trinajstić information content (AvgIpc) is 3.09. The number of rotatable bonds is 2. The molecule has 0 saturated carbocycles. The molecule has 21 heavy (non-hydrogen) atoms. The molecular formula is C15H14N4O2. The van der Waals surface area contributed by atoms with Crippen LogP contribution in [0.2, 0.25) is 0 Å². The van der Waals surface area contributed by atoms with E-state index in [9.17, 15) is 4.79 Å². The zero-order valence-corrected chi connectivity index (χ0v) is 11.3. The maximum atomic E-state index is 12.6. The quantitative estimate of drug-likeness (QED) is 0.832. The van der Waals surface area contributed by atoms with E-state index in [-0.39, 0.29) is 11.9 Å². The van der Waals surface area contributed by atoms with Crippen molar-refractivity contribution in [2.24, 2.45) is 0 Å². The Morgan fingerprint density at radius 3 is 3.14 bits per heavy atom. The summed E-state index contributed by atoms with van der Waals surface area (Å²) >= 11 is 0. The minimum absolute atomic E-state index is 0.114. The Bertz CT molecular complexity index is 675. The van der Waals surface area contributed by atoms with E-state index < -0.39 is 0 Å². The van der Waals surface area contributed by atoms with Gasteiger partial charge in [0, 0.05) is 30.7 Å². The molecule has 1 unspecified atom stereocenters. The summed E-state index contributed by atoms with van der Waals surface area (Å²) in [6.07, 6.45) is 10.4. The number of morpholine rings is 1. The van der Waals surface area contributed by atoms with Crippen molar-refractivity contribution in [2.45, 2.75) is 6.04 Å². The molecule has 1 aliphatic heterocycles. The van der Waals surface area contributed by atoms with E-state index in [1.54, 1.807) is 35.6 Å². The third-order valence-electron chi connectivity index (χ3n) is 3.33. The van der Waals surface area contributed by atoms with Crippen LogP contribution in [0.1, 0.15) is 10.4 Å². The van der Waals surface area contributed by atoms with Gasteiger partial charge in [-0.05, 0) is 12.1 Å². The van der Waals surface area contributed by atoms with E-state index in [1.807, 2.05) is 0 Å². The lowest BCUT2D eigenvalue weighted by Crippen LogP contribution is -2.48. The molecule has 0 spiro atoms. The van der Waals surface area contributed by atoms with Crippen LogP contribution < -0.4 is 0 Å². The van der Waals surface area contributed by atoms with Gasteiger partial charge in [0.25, 0.3) is 5.91 Å². The molecule has 0 bridgehead atoms. The highest BCUT2D eigenvalue weighted by Crippen LogP contribution is 2.16. The molecule has 6 nitrogen and oxygen atoms in total. The first kappa shape index (κ1) is 13.3. The number of nitrogens with zero attached hydrogens (tertiary/aromatic N) is 3. The fourth-order valence-corrected chi connectivity index (χ4v) is 2.25. The van der Waals surface area contributed by atoms with E-state index in [1.165, 1.54) is 0 Å². The zero-order chi connectivity index (χ0) is 14.7. The van der Waals surface area contributed by atoms with Crippen molar-refractivity contribution in [2.75, 3.05) is 19.8 Å². The number of H-pyrrole nitrogens is 1. The number of aromatic amines is 1. The molecule has 2 aromatic rings. The van der Waals surface area contributed by atoms with E-state index >= 15 is 0 Å². The van der Waals surface area contributed by atoms with Crippen molar-refractivity contribution in [3.05, 3.63) is 36.3 Å². The summed E-state index contributed by atoms with van der Waals surface area (Å²) in [6.45, 7) is 1.37. The summed E-state index contributed by atoms with van der Waals surface area (Å²) < 4.78 is 5.31. The smallest absolute Gasteiger partial charge is 0.255 e. The van der Waals surface area contributed by atoms with E-state index in [4.69, 9.17) is 11.2 Å². The number of ether oxygens (including phenoxy) is 1. The van der Waals surface area contributed by atoms with Crippen LogP contribution in [0.15, 0.2) is 30.7 Å². The number of aromatic nitrogens is 3. The van der Waals surface area contributed by atoms with E-state index in [0.717, 1.165) is 0 Å². The number of nitrogens with one attached hydrogen (secondary N) is 1. The Labute approximate surface area is 122 Å². The second kappa shape index (κ2) is 5.77. The van der Waals surface area contributed by atoms with Gasteiger partial charge < -0.3 is 14.6 Å². The van der Waals surface area contributed by atoms with Crippen LogP contribution >= 0.6 is 0 Å². The molecule has 2 aromatic heterocycles. The van der Waals surface area contributed by atoms with Gasteiger partial charge in [-0.15, -0.1) is 6.42 Å². The van der Waals surface area contributed by atoms with E-state index in [2.05, 4.69) is 20.9 Å². The predicted molar refractivity (Wildman–Crippen MR) is 76.3 cm³/mol. The van der Waals surface area contributed by atoms with Crippen LogP contribution in [-0.4, -0.2) is 51.6 Å². The van der Waals surface area contributed by atoms with Gasteiger partial charge >= 0.3 is 0 Å². The summed E-state index contributed by atoms with van der Waals surface area (Å²) in [6, 6.07) is 3.06. The molecule has 3 heterocycles. The Hall–Kier alpha value is -2.65. The summed E-state index contributed by atoms with van der Waals surface area (Å²) in [7, 11) is 0. The first-order valence-electron chi connectivity index (χ1n) is 6.60. The number of carbonyl (C=O) groups is 1. The van der Waals surface area contributed by atoms with Crippen LogP contribution in [0.5, 0.6) is 0 Å². The lowest BCUT2D eigenvalue weighted by Gasteiger charge is -2.32. The third-order valence-corrected chi connectivity index (χ3v) is 3.33. The van der Waals surface area contributed by atoms with Crippen molar-refractivity contribution in [1.82, 2.24) is 19.9 Å². The Morgan fingerprint density at radius 1 is 1.48 bits per heavy atom. The monoisotopic (exact) mass is 282 g/mol. The first-order chi connectivity index (χ1) is 10.3. The molecule has 1 fully saturated rings. The van der Waals surface area contributed by atoms with Crippen molar-refractivity contribution < 1.29 is 9.53 Å². The third kappa shape index (κ3) is 2.64. The Morgan fingerprint density at radius 2 is 2.38 bits per heavy atom. The highest BCUT2D eigenvalue weighted by molar-refractivity contribution is 5.95. The van der Waals surface area contributed by atoms with Gasteiger partial charge in [0.2, 0.25) is 0 Å². The molecule has 3 rings (SSSR count). The van der Waals surface area contributed by atoms with Crippen LogP contribution in [0.3, 0.4) is 0 Å². The molecule has 1 atom stereocenters. The van der Waals surface area contributed by atoms with Crippen LogP contribution in [-0.2, 0) is 4.74 Å². The van der Waals surface area contributed by atoms with Gasteiger partial charge in [-0.25, -0.2) is 4.98 Å². The number of carbonyl (C=O) groups excluding carboxylic acids is 1. The Balaban J connectivity index is 1.88. The fourth-order valence-electron chi connectivity index (χ4n) is 2.25. The summed E-state index contributed by atoms with van der Waals surface area (Å²) in [5, 5.41) is 0. The molecular weight excluding hydrogens is 268 g/mol. The van der Waals surface area contributed by atoms with Gasteiger partial charge in [0.05, 0.1) is 13.2 Å². The Kier molecular flexibility index (Phi) is 3.67. The van der Waals surface area contributed by atoms with Gasteiger partial charge in [0.15, 0.2) is 5.82 Å². The first-order valence-corrected chi connectivity index (χ1v) is 6.60. The number of imidazole rings is 1. The SMILES string of the molecule is C#CC1COCCN1C(=O)c1ccnc(-c2ncc[nH]2)c1. The molecule has 6 heteroatoms. The predicted octanol–water partition coefficient (Wildman–Crippen LogP) is 0.946. The number of pyridine rings is 1. The molecule has 0 aromatic carbocycles. The standard InChI is InChI=1S/C15H14N4O2/c1-2-12-10-21-8-7-19(12)15(20)11-3-4-16-13(9-11)14-17-5-6-18-14/h1,3-6,9,12H,7-8,10H2,(H,17,18). The molecule has 1 N–H and O–H groups in total. The second-order valence-corrected chi connectivity index (χ2v) is 4.62. The summed E-state index contributed by atoms with van der Waals surface area (Å²) in [4.78, 5) is 25.6. The maximum absolute atomic E-state index is 12.6. The lowest BCUT2D eigenvalue weighted by atomic mass is 10.1. The average molecular weight is 282 g/mol. The van der Waals surface area contributed by atoms with E-state index in [0.29, 0.717) is 36.8 Å². The highest BCUT2D eigenvalue weighted by atomic mass is 16.5. The number of terminal acetylenes is 1. The van der Waals surface area contributed by atoms with Gasteiger partial charge in [-0.3, -0.25) is 9.78 Å². The molecule has 0 radical (unpaired) electrons. The van der Waals surface area contributed by atoms with Gasteiger partial charge in [-0.1, -0.05) is 5.92 Å². The number of amides is 1. The van der Waals surface area contributed by atoms with Crippen molar-refractivity contribution in [1.29, 1.82) is 0 Å². The fraction of sp³-hybridized carbons (Fsp3) is 0.267. The van der Waals surface area contributed by atoms with Crippen molar-refractivity contribution in [3.63, 3.8) is 0 Å². The van der Waals surface area contributed by atoms with Gasteiger partial charge in [0.1, 0.15) is 11.7 Å². The topological polar surface area (TPSA) is 71.1 Å². The molecule has 106 valence electrons. The molecule has 1 aliphatic rings. The van der Waals surface area contributed by atoms with Crippen molar-refractivity contribution in [3.8, 4) is 23.9 Å². The van der Waals surface area contributed by atoms with Crippen molar-refractivity contribution >= 4 is 5.91 Å². The van der Waals surface area contributed by atoms with Gasteiger partial charge in [-0.2, -0.15) is 0 Å². The van der Waals surface area contributed by atoms with Crippen LogP contribution in [0.4, 0.5) is 0 Å². The normalized spacial score (nSPS) is 18.2. The molecule has 1 saturated heterocycles. The largest absolute Gasteiger partial charge is 0.376 e.